The molecule has 3 aliphatic heterocycles. The zero-order chi connectivity index (χ0) is 19.3. The van der Waals surface area contributed by atoms with Gasteiger partial charge in [0.25, 0.3) is 0 Å². The van der Waals surface area contributed by atoms with Crippen molar-refractivity contribution < 1.29 is 19.1 Å². The summed E-state index contributed by atoms with van der Waals surface area (Å²) in [6, 6.07) is 5.35. The third-order valence-corrected chi connectivity index (χ3v) is 5.87. The Morgan fingerprint density at radius 2 is 1.64 bits per heavy atom. The number of amides is 3. The highest BCUT2D eigenvalue weighted by Gasteiger charge is 2.27. The van der Waals surface area contributed by atoms with Crippen LogP contribution in [0.1, 0.15) is 38.5 Å². The number of nitrogens with one attached hydrogen (secondary N) is 1. The van der Waals surface area contributed by atoms with Gasteiger partial charge in [-0.3, -0.25) is 4.79 Å². The fraction of sp³-hybridized carbons (Fsp3) is 0.619. The van der Waals surface area contributed by atoms with Gasteiger partial charge in [-0.15, -0.1) is 0 Å². The SMILES string of the molecule is O=C(CC1CCN(C(=O)Nc2ccc3c(c2)OCCO3)CC1)N1CCCCC1. The molecule has 4 rings (SSSR count). The smallest absolute Gasteiger partial charge is 0.321 e. The van der Waals surface area contributed by atoms with Crippen LogP contribution in [-0.2, 0) is 4.79 Å². The van der Waals surface area contributed by atoms with Gasteiger partial charge in [-0.25, -0.2) is 4.79 Å². The first-order chi connectivity index (χ1) is 13.7. The Balaban J connectivity index is 1.24. The lowest BCUT2D eigenvalue weighted by Crippen LogP contribution is -2.42. The number of ether oxygens (including phenoxy) is 2. The number of rotatable bonds is 3. The second-order valence-electron chi connectivity index (χ2n) is 7.86. The van der Waals surface area contributed by atoms with Gasteiger partial charge < -0.3 is 24.6 Å². The zero-order valence-electron chi connectivity index (χ0n) is 16.3. The molecule has 0 unspecified atom stereocenters. The molecule has 0 bridgehead atoms. The molecule has 152 valence electrons. The van der Waals surface area contributed by atoms with Crippen LogP contribution in [0.15, 0.2) is 18.2 Å². The van der Waals surface area contributed by atoms with Crippen LogP contribution in [0.3, 0.4) is 0 Å². The molecule has 2 saturated heterocycles. The van der Waals surface area contributed by atoms with Crippen molar-refractivity contribution in [2.75, 3.05) is 44.7 Å². The number of urea groups is 1. The van der Waals surface area contributed by atoms with E-state index in [1.807, 2.05) is 21.9 Å². The van der Waals surface area contributed by atoms with Crippen molar-refractivity contribution >= 4 is 17.6 Å². The summed E-state index contributed by atoms with van der Waals surface area (Å²) < 4.78 is 11.1. The largest absolute Gasteiger partial charge is 0.486 e. The van der Waals surface area contributed by atoms with Gasteiger partial charge in [0.05, 0.1) is 0 Å². The van der Waals surface area contributed by atoms with E-state index in [1.54, 1.807) is 6.07 Å². The highest BCUT2D eigenvalue weighted by Crippen LogP contribution is 2.33. The van der Waals surface area contributed by atoms with Crippen molar-refractivity contribution in [1.82, 2.24) is 9.80 Å². The summed E-state index contributed by atoms with van der Waals surface area (Å²) in [7, 11) is 0. The summed E-state index contributed by atoms with van der Waals surface area (Å²) in [5.41, 5.74) is 0.705. The van der Waals surface area contributed by atoms with E-state index in [4.69, 9.17) is 9.47 Å². The monoisotopic (exact) mass is 387 g/mol. The first-order valence-electron chi connectivity index (χ1n) is 10.4. The molecule has 0 aromatic heterocycles. The number of fused-ring (bicyclic) bond motifs is 1. The van der Waals surface area contributed by atoms with Crippen LogP contribution in [-0.4, -0.2) is 61.1 Å². The first-order valence-corrected chi connectivity index (χ1v) is 10.4. The summed E-state index contributed by atoms with van der Waals surface area (Å²) in [6.45, 7) is 4.27. The first kappa shape index (κ1) is 18.9. The molecule has 0 aliphatic carbocycles. The highest BCUT2D eigenvalue weighted by atomic mass is 16.6. The standard InChI is InChI=1S/C21H29N3O4/c25-20(23-8-2-1-3-9-23)14-16-6-10-24(11-7-16)21(26)22-17-4-5-18-19(15-17)28-13-12-27-18/h4-5,15-16H,1-3,6-14H2,(H,22,26). The molecular weight excluding hydrogens is 358 g/mol. The molecule has 7 nitrogen and oxygen atoms in total. The van der Waals surface area contributed by atoms with Crippen LogP contribution >= 0.6 is 0 Å². The topological polar surface area (TPSA) is 71.1 Å². The number of carbonyl (C=O) groups is 2. The average molecular weight is 387 g/mol. The Bertz CT molecular complexity index is 710. The summed E-state index contributed by atoms with van der Waals surface area (Å²) in [6.07, 6.45) is 5.88. The van der Waals surface area contributed by atoms with Crippen molar-refractivity contribution in [2.24, 2.45) is 5.92 Å². The second kappa shape index (κ2) is 8.71. The van der Waals surface area contributed by atoms with Gasteiger partial charge in [0.2, 0.25) is 5.91 Å². The van der Waals surface area contributed by atoms with E-state index in [2.05, 4.69) is 5.32 Å². The third kappa shape index (κ3) is 4.51. The van der Waals surface area contributed by atoms with Gasteiger partial charge in [0, 0.05) is 44.4 Å². The minimum atomic E-state index is -0.0996. The number of hydrogen-bond acceptors (Lipinski definition) is 4. The maximum atomic E-state index is 12.6. The number of nitrogens with zero attached hydrogens (tertiary/aromatic N) is 2. The van der Waals surface area contributed by atoms with E-state index in [0.29, 0.717) is 61.7 Å². The number of likely N-dealkylation sites (tertiary alicyclic amines) is 2. The lowest BCUT2D eigenvalue weighted by molar-refractivity contribution is -0.133. The predicted molar refractivity (Wildman–Crippen MR) is 106 cm³/mol. The fourth-order valence-electron chi connectivity index (χ4n) is 4.18. The van der Waals surface area contributed by atoms with Crippen molar-refractivity contribution in [3.8, 4) is 11.5 Å². The van der Waals surface area contributed by atoms with Crippen LogP contribution in [0.4, 0.5) is 10.5 Å². The Morgan fingerprint density at radius 3 is 2.39 bits per heavy atom. The molecule has 1 aromatic rings. The Kier molecular flexibility index (Phi) is 5.88. The number of piperidine rings is 2. The molecule has 0 saturated carbocycles. The molecule has 0 radical (unpaired) electrons. The molecule has 2 fully saturated rings. The van der Waals surface area contributed by atoms with Crippen LogP contribution in [0.2, 0.25) is 0 Å². The van der Waals surface area contributed by atoms with E-state index in [1.165, 1.54) is 6.42 Å². The summed E-state index contributed by atoms with van der Waals surface area (Å²) in [4.78, 5) is 28.9. The number of anilines is 1. The Labute approximate surface area is 166 Å². The maximum absolute atomic E-state index is 12.6. The maximum Gasteiger partial charge on any atom is 0.321 e. The predicted octanol–water partition coefficient (Wildman–Crippen LogP) is 3.10. The van der Waals surface area contributed by atoms with E-state index in [9.17, 15) is 9.59 Å². The van der Waals surface area contributed by atoms with Crippen LogP contribution < -0.4 is 14.8 Å². The molecule has 0 atom stereocenters. The van der Waals surface area contributed by atoms with Crippen molar-refractivity contribution in [3.05, 3.63) is 18.2 Å². The van der Waals surface area contributed by atoms with Gasteiger partial charge in [0.15, 0.2) is 11.5 Å². The van der Waals surface area contributed by atoms with Gasteiger partial charge in [-0.2, -0.15) is 0 Å². The Morgan fingerprint density at radius 1 is 0.929 bits per heavy atom. The van der Waals surface area contributed by atoms with Crippen LogP contribution in [0.5, 0.6) is 11.5 Å². The van der Waals surface area contributed by atoms with E-state index in [0.717, 1.165) is 38.8 Å². The fourth-order valence-corrected chi connectivity index (χ4v) is 4.18. The molecule has 3 amide bonds. The van der Waals surface area contributed by atoms with Gasteiger partial charge in [0.1, 0.15) is 13.2 Å². The van der Waals surface area contributed by atoms with E-state index >= 15 is 0 Å². The van der Waals surface area contributed by atoms with Crippen LogP contribution in [0, 0.1) is 5.92 Å². The normalized spacial score (nSPS) is 20.0. The molecule has 1 N–H and O–H groups in total. The molecule has 28 heavy (non-hydrogen) atoms. The molecular formula is C21H29N3O4. The molecule has 3 heterocycles. The average Bonchev–Trinajstić information content (AvgIpc) is 2.75. The minimum Gasteiger partial charge on any atom is -0.486 e. The van der Waals surface area contributed by atoms with Gasteiger partial charge >= 0.3 is 6.03 Å². The number of hydrogen-bond donors (Lipinski definition) is 1. The third-order valence-electron chi connectivity index (χ3n) is 5.87. The second-order valence-corrected chi connectivity index (χ2v) is 7.86. The Hall–Kier alpha value is -2.44. The lowest BCUT2D eigenvalue weighted by Gasteiger charge is -2.33. The van der Waals surface area contributed by atoms with Crippen molar-refractivity contribution in [3.63, 3.8) is 0 Å². The van der Waals surface area contributed by atoms with Crippen LogP contribution in [0.25, 0.3) is 0 Å². The molecule has 7 heteroatoms. The van der Waals surface area contributed by atoms with E-state index in [-0.39, 0.29) is 6.03 Å². The summed E-state index contributed by atoms with van der Waals surface area (Å²) >= 11 is 0. The van der Waals surface area contributed by atoms with Crippen molar-refractivity contribution in [2.45, 2.75) is 38.5 Å². The van der Waals surface area contributed by atoms with Crippen molar-refractivity contribution in [1.29, 1.82) is 0 Å². The molecule has 1 aromatic carbocycles. The van der Waals surface area contributed by atoms with Gasteiger partial charge in [-0.05, 0) is 50.2 Å². The number of carbonyl (C=O) groups excluding carboxylic acids is 2. The zero-order valence-corrected chi connectivity index (χ0v) is 16.3. The quantitative estimate of drug-likeness (QED) is 0.865. The molecule has 0 spiro atoms. The van der Waals surface area contributed by atoms with Gasteiger partial charge in [-0.1, -0.05) is 0 Å². The minimum absolute atomic E-state index is 0.0996. The van der Waals surface area contributed by atoms with E-state index < -0.39 is 0 Å². The number of benzene rings is 1. The lowest BCUT2D eigenvalue weighted by atomic mass is 9.93. The molecule has 3 aliphatic rings. The highest BCUT2D eigenvalue weighted by molar-refractivity contribution is 5.89. The summed E-state index contributed by atoms with van der Waals surface area (Å²) in [5, 5.41) is 2.95. The summed E-state index contributed by atoms with van der Waals surface area (Å²) in [5.74, 6) is 2.05.